The Balaban J connectivity index is 1.98. The summed E-state index contributed by atoms with van der Waals surface area (Å²) < 4.78 is 0. The molecule has 1 fully saturated rings. The average Bonchev–Trinajstić information content (AvgIpc) is 2.67. The first-order chi connectivity index (χ1) is 14.4. The van der Waals surface area contributed by atoms with E-state index in [0.29, 0.717) is 5.56 Å². The number of nitrogen functional groups attached to an aromatic ring is 1. The molecule has 0 saturated heterocycles. The van der Waals surface area contributed by atoms with E-state index in [1.165, 1.54) is 11.0 Å². The number of benzene rings is 1. The van der Waals surface area contributed by atoms with Crippen LogP contribution in [0.15, 0.2) is 29.0 Å². The van der Waals surface area contributed by atoms with Crippen molar-refractivity contribution in [3.8, 4) is 5.75 Å². The monoisotopic (exact) mass is 428 g/mol. The number of anilines is 1. The highest BCUT2D eigenvalue weighted by Crippen LogP contribution is 2.53. The number of hydrogen-bond donors (Lipinski definition) is 5. The predicted octanol–water partition coefficient (Wildman–Crippen LogP) is 0.650. The summed E-state index contributed by atoms with van der Waals surface area (Å²) in [6.07, 6.45) is 0.356. The molecule has 9 heteroatoms. The van der Waals surface area contributed by atoms with Crippen molar-refractivity contribution in [2.45, 2.75) is 31.4 Å². The SMILES string of the molecule is CC(=O)C1=C(O)[C@@]2(O)C(=O)C3=C(O)c4c(ccc(N)c4O)CC3CC2[C@H](N(C)C)C1=O. The second-order valence-corrected chi connectivity index (χ2v) is 8.69. The van der Waals surface area contributed by atoms with E-state index in [1.807, 2.05) is 0 Å². The van der Waals surface area contributed by atoms with Crippen molar-refractivity contribution in [3.63, 3.8) is 0 Å². The average molecular weight is 428 g/mol. The lowest BCUT2D eigenvalue weighted by atomic mass is 9.57. The number of aliphatic hydroxyl groups is 3. The van der Waals surface area contributed by atoms with Crippen molar-refractivity contribution >= 4 is 28.8 Å². The van der Waals surface area contributed by atoms with Gasteiger partial charge in [-0.1, -0.05) is 6.07 Å². The van der Waals surface area contributed by atoms with Crippen LogP contribution in [0, 0.1) is 11.8 Å². The lowest BCUT2D eigenvalue weighted by Crippen LogP contribution is -2.65. The number of ketones is 3. The third-order valence-electron chi connectivity index (χ3n) is 6.73. The van der Waals surface area contributed by atoms with Gasteiger partial charge < -0.3 is 26.2 Å². The second kappa shape index (κ2) is 6.66. The van der Waals surface area contributed by atoms with E-state index in [2.05, 4.69) is 0 Å². The van der Waals surface area contributed by atoms with Crippen molar-refractivity contribution in [1.29, 1.82) is 0 Å². The number of fused-ring (bicyclic) bond motifs is 3. The molecule has 1 saturated carbocycles. The minimum absolute atomic E-state index is 0.00737. The first-order valence-electron chi connectivity index (χ1n) is 9.89. The van der Waals surface area contributed by atoms with Gasteiger partial charge in [0.15, 0.2) is 17.2 Å². The molecule has 0 aromatic heterocycles. The van der Waals surface area contributed by atoms with E-state index in [0.717, 1.165) is 6.92 Å². The lowest BCUT2D eigenvalue weighted by Gasteiger charge is -2.50. The van der Waals surface area contributed by atoms with Gasteiger partial charge in [-0.3, -0.25) is 19.3 Å². The van der Waals surface area contributed by atoms with E-state index < -0.39 is 57.9 Å². The van der Waals surface area contributed by atoms with Crippen molar-refractivity contribution in [2.75, 3.05) is 19.8 Å². The largest absolute Gasteiger partial charge is 0.508 e. The molecule has 3 aliphatic carbocycles. The number of nitrogens with two attached hydrogens (primary N) is 1. The zero-order valence-corrected chi connectivity index (χ0v) is 17.3. The van der Waals surface area contributed by atoms with Gasteiger partial charge in [0.05, 0.1) is 17.3 Å². The number of nitrogens with zero attached hydrogens (tertiary/aromatic N) is 1. The Kier molecular flexibility index (Phi) is 4.53. The van der Waals surface area contributed by atoms with E-state index in [9.17, 15) is 34.8 Å². The number of Topliss-reactive ketones (excluding diaryl/α,β-unsaturated/α-hetero) is 3. The number of rotatable bonds is 2. The molecule has 4 atom stereocenters. The van der Waals surface area contributed by atoms with Crippen LogP contribution >= 0.6 is 0 Å². The highest BCUT2D eigenvalue weighted by molar-refractivity contribution is 6.25. The normalized spacial score (nSPS) is 30.3. The fourth-order valence-electron chi connectivity index (χ4n) is 5.34. The minimum Gasteiger partial charge on any atom is -0.508 e. The molecule has 164 valence electrons. The van der Waals surface area contributed by atoms with Crippen LogP contribution in [0.3, 0.4) is 0 Å². The summed E-state index contributed by atoms with van der Waals surface area (Å²) >= 11 is 0. The molecule has 4 rings (SSSR count). The third kappa shape index (κ3) is 2.60. The zero-order valence-electron chi connectivity index (χ0n) is 17.3. The summed E-state index contributed by atoms with van der Waals surface area (Å²) in [5, 5.41) is 43.5. The maximum absolute atomic E-state index is 13.6. The van der Waals surface area contributed by atoms with Crippen LogP contribution in [0.1, 0.15) is 24.5 Å². The van der Waals surface area contributed by atoms with Gasteiger partial charge >= 0.3 is 0 Å². The van der Waals surface area contributed by atoms with Gasteiger partial charge in [0.2, 0.25) is 5.78 Å². The summed E-state index contributed by atoms with van der Waals surface area (Å²) in [6.45, 7) is 1.07. The van der Waals surface area contributed by atoms with Gasteiger partial charge in [0.1, 0.15) is 22.8 Å². The van der Waals surface area contributed by atoms with E-state index in [4.69, 9.17) is 5.73 Å². The van der Waals surface area contributed by atoms with Gasteiger partial charge in [0.25, 0.3) is 0 Å². The minimum atomic E-state index is -2.56. The molecule has 1 aromatic carbocycles. The van der Waals surface area contributed by atoms with Gasteiger partial charge in [-0.2, -0.15) is 0 Å². The summed E-state index contributed by atoms with van der Waals surface area (Å²) in [5.74, 6) is -5.90. The number of carbonyl (C=O) groups excluding carboxylic acids is 3. The fourth-order valence-corrected chi connectivity index (χ4v) is 5.34. The lowest BCUT2D eigenvalue weighted by molar-refractivity contribution is -0.153. The van der Waals surface area contributed by atoms with Gasteiger partial charge in [0, 0.05) is 11.5 Å². The van der Waals surface area contributed by atoms with Crippen LogP contribution in [0.4, 0.5) is 5.69 Å². The summed E-state index contributed by atoms with van der Waals surface area (Å²) in [6, 6.07) is 2.12. The molecule has 0 spiro atoms. The van der Waals surface area contributed by atoms with Crippen molar-refractivity contribution in [2.24, 2.45) is 11.8 Å². The molecule has 1 aromatic rings. The van der Waals surface area contributed by atoms with Gasteiger partial charge in [-0.15, -0.1) is 0 Å². The molecule has 0 bridgehead atoms. The molecule has 9 nitrogen and oxygen atoms in total. The number of aliphatic hydroxyl groups excluding tert-OH is 2. The molecule has 0 heterocycles. The number of phenolic OH excluding ortho intramolecular Hbond substituents is 1. The van der Waals surface area contributed by atoms with Crippen LogP contribution in [0.5, 0.6) is 5.75 Å². The molecular formula is C22H24N2O7. The molecular weight excluding hydrogens is 404 g/mol. The first-order valence-corrected chi connectivity index (χ1v) is 9.89. The Morgan fingerprint density at radius 2 is 1.84 bits per heavy atom. The molecule has 6 N–H and O–H groups in total. The molecule has 0 aliphatic heterocycles. The second-order valence-electron chi connectivity index (χ2n) is 8.69. The number of phenols is 1. The first kappa shape index (κ1) is 21.1. The number of likely N-dealkylation sites (N-methyl/N-ethyl adjacent to an activating group) is 1. The zero-order chi connectivity index (χ0) is 23.0. The molecule has 0 radical (unpaired) electrons. The molecule has 2 unspecified atom stereocenters. The smallest absolute Gasteiger partial charge is 0.202 e. The molecule has 31 heavy (non-hydrogen) atoms. The van der Waals surface area contributed by atoms with Crippen LogP contribution < -0.4 is 5.73 Å². The van der Waals surface area contributed by atoms with E-state index in [1.54, 1.807) is 20.2 Å². The maximum Gasteiger partial charge on any atom is 0.202 e. The Morgan fingerprint density at radius 1 is 1.19 bits per heavy atom. The van der Waals surface area contributed by atoms with E-state index in [-0.39, 0.29) is 35.4 Å². The topological polar surface area (TPSA) is 161 Å². The quantitative estimate of drug-likeness (QED) is 0.259. The summed E-state index contributed by atoms with van der Waals surface area (Å²) in [5.41, 5.74) is 3.00. The summed E-state index contributed by atoms with van der Waals surface area (Å²) in [7, 11) is 3.18. The number of hydrogen-bond acceptors (Lipinski definition) is 9. The fraction of sp³-hybridized carbons (Fsp3) is 0.409. The predicted molar refractivity (Wildman–Crippen MR) is 110 cm³/mol. The van der Waals surface area contributed by atoms with Gasteiger partial charge in [-0.05, 0) is 51.4 Å². The van der Waals surface area contributed by atoms with Crippen molar-refractivity contribution in [1.82, 2.24) is 4.90 Å². The van der Waals surface area contributed by atoms with Crippen LogP contribution in [0.2, 0.25) is 0 Å². The van der Waals surface area contributed by atoms with Crippen molar-refractivity contribution in [3.05, 3.63) is 40.2 Å². The Morgan fingerprint density at radius 3 is 2.42 bits per heavy atom. The standard InChI is InChI=1S/C22H24N2O7/c1-8(25)13-19(28)16(24(2)3)11-7-10-6-9-4-5-12(23)17(26)14(9)18(27)15(10)21(30)22(11,31)20(13)29/h4-5,10-11,16,26-27,29,31H,6-7,23H2,1-3H3/t10?,11?,16-,22+/m0/s1. The maximum atomic E-state index is 13.6. The van der Waals surface area contributed by atoms with E-state index >= 15 is 0 Å². The van der Waals surface area contributed by atoms with Gasteiger partial charge in [-0.25, -0.2) is 0 Å². The number of carbonyl (C=O) groups is 3. The third-order valence-corrected chi connectivity index (χ3v) is 6.73. The Hall–Kier alpha value is -3.17. The number of aromatic hydroxyl groups is 1. The van der Waals surface area contributed by atoms with Crippen LogP contribution in [0.25, 0.3) is 5.76 Å². The Bertz CT molecular complexity index is 1120. The van der Waals surface area contributed by atoms with Crippen molar-refractivity contribution < 1.29 is 34.8 Å². The highest BCUT2D eigenvalue weighted by Gasteiger charge is 2.63. The Labute approximate surface area is 178 Å². The highest BCUT2D eigenvalue weighted by atomic mass is 16.3. The summed E-state index contributed by atoms with van der Waals surface area (Å²) in [4.78, 5) is 40.2. The van der Waals surface area contributed by atoms with Crippen LogP contribution in [-0.4, -0.2) is 68.4 Å². The van der Waals surface area contributed by atoms with Crippen LogP contribution in [-0.2, 0) is 20.8 Å². The molecule has 0 amide bonds. The molecule has 3 aliphatic rings.